The Bertz CT molecular complexity index is 1060. The molecule has 3 aromatic rings. The van der Waals surface area contributed by atoms with Crippen LogP contribution < -0.4 is 5.32 Å². The lowest BCUT2D eigenvalue weighted by Crippen LogP contribution is -2.46. The summed E-state index contributed by atoms with van der Waals surface area (Å²) < 4.78 is 54.5. The molecule has 0 aromatic carbocycles. The zero-order valence-electron chi connectivity index (χ0n) is 14.7. The van der Waals surface area contributed by atoms with Crippen molar-refractivity contribution in [3.63, 3.8) is 0 Å². The van der Waals surface area contributed by atoms with Crippen molar-refractivity contribution in [3.05, 3.63) is 47.8 Å². The van der Waals surface area contributed by atoms with E-state index in [4.69, 9.17) is 0 Å². The van der Waals surface area contributed by atoms with Gasteiger partial charge >= 0.3 is 6.18 Å². The van der Waals surface area contributed by atoms with Crippen LogP contribution in [0, 0.1) is 18.7 Å². The van der Waals surface area contributed by atoms with Gasteiger partial charge in [0.15, 0.2) is 5.65 Å². The number of hydrogen-bond acceptors (Lipinski definition) is 4. The van der Waals surface area contributed by atoms with Gasteiger partial charge in [0.2, 0.25) is 0 Å². The van der Waals surface area contributed by atoms with E-state index in [1.54, 1.807) is 13.0 Å². The molecule has 1 saturated carbocycles. The minimum absolute atomic E-state index is 0.0794. The largest absolute Gasteiger partial charge is 0.408 e. The van der Waals surface area contributed by atoms with Crippen molar-refractivity contribution in [2.45, 2.75) is 32.0 Å². The second kappa shape index (κ2) is 6.54. The molecule has 4 rings (SSSR count). The molecule has 1 fully saturated rings. The average molecular weight is 393 g/mol. The number of carbonyl (C=O) groups is 1. The van der Waals surface area contributed by atoms with E-state index in [2.05, 4.69) is 20.4 Å². The van der Waals surface area contributed by atoms with Crippen LogP contribution in [-0.4, -0.2) is 37.7 Å². The number of alkyl halides is 3. The molecular weight excluding hydrogens is 378 g/mol. The lowest BCUT2D eigenvalue weighted by Gasteiger charge is -2.20. The van der Waals surface area contributed by atoms with Gasteiger partial charge < -0.3 is 5.32 Å². The number of nitrogens with zero attached hydrogens (tertiary/aromatic N) is 4. The quantitative estimate of drug-likeness (QED) is 0.691. The third-order valence-corrected chi connectivity index (χ3v) is 4.63. The van der Waals surface area contributed by atoms with E-state index in [0.717, 1.165) is 6.20 Å². The van der Waals surface area contributed by atoms with Gasteiger partial charge in [-0.15, -0.1) is 0 Å². The maximum absolute atomic E-state index is 13.5. The fourth-order valence-corrected chi connectivity index (χ4v) is 3.09. The van der Waals surface area contributed by atoms with Gasteiger partial charge in [-0.1, -0.05) is 0 Å². The Hall–Kier alpha value is -3.04. The van der Waals surface area contributed by atoms with Crippen LogP contribution in [0.3, 0.4) is 0 Å². The highest BCUT2D eigenvalue weighted by Gasteiger charge is 2.49. The molecule has 10 heteroatoms. The van der Waals surface area contributed by atoms with Crippen molar-refractivity contribution in [3.8, 4) is 11.3 Å². The smallest absolute Gasteiger partial charge is 0.340 e. The minimum atomic E-state index is -4.53. The molecule has 0 aliphatic heterocycles. The molecule has 1 aliphatic carbocycles. The van der Waals surface area contributed by atoms with E-state index in [9.17, 15) is 22.4 Å². The molecule has 0 saturated heterocycles. The highest BCUT2D eigenvalue weighted by atomic mass is 19.4. The zero-order chi connectivity index (χ0) is 20.1. The Morgan fingerprint density at radius 2 is 2.00 bits per heavy atom. The number of carbonyl (C=O) groups excluding carboxylic acids is 1. The molecule has 146 valence electrons. The summed E-state index contributed by atoms with van der Waals surface area (Å²) in [4.78, 5) is 20.6. The number of halogens is 4. The fraction of sp³-hybridized carbons (Fsp3) is 0.333. The van der Waals surface area contributed by atoms with E-state index in [0.29, 0.717) is 29.8 Å². The number of aromatic nitrogens is 4. The lowest BCUT2D eigenvalue weighted by molar-refractivity contribution is -0.158. The summed E-state index contributed by atoms with van der Waals surface area (Å²) in [5.74, 6) is -2.05. The number of pyridine rings is 1. The standard InChI is InChI=1S/C18H15F4N5O/c1-9-4-14(11-5-12(19)7-23-6-11)25-16-13(8-24-27(9)16)17(28)26-15(10-2-3-10)18(20,21)22/h4-8,10,15H,2-3H2,1H3,(H,26,28)/t15-/m0/s1. The first-order chi connectivity index (χ1) is 13.2. The maximum atomic E-state index is 13.5. The van der Waals surface area contributed by atoms with Crippen molar-refractivity contribution < 1.29 is 22.4 Å². The summed E-state index contributed by atoms with van der Waals surface area (Å²) in [5, 5.41) is 6.12. The summed E-state index contributed by atoms with van der Waals surface area (Å²) in [6, 6.07) is 0.960. The first kappa shape index (κ1) is 18.3. The number of hydrogen-bond donors (Lipinski definition) is 1. The molecule has 1 N–H and O–H groups in total. The fourth-order valence-electron chi connectivity index (χ4n) is 3.09. The maximum Gasteiger partial charge on any atom is 0.408 e. The second-order valence-electron chi connectivity index (χ2n) is 6.80. The normalized spacial score (nSPS) is 15.6. The Labute approximate surface area is 156 Å². The molecule has 0 spiro atoms. The molecule has 0 unspecified atom stereocenters. The van der Waals surface area contributed by atoms with Crippen molar-refractivity contribution in [1.82, 2.24) is 24.9 Å². The Morgan fingerprint density at radius 1 is 1.25 bits per heavy atom. The van der Waals surface area contributed by atoms with Gasteiger partial charge in [-0.2, -0.15) is 18.3 Å². The Morgan fingerprint density at radius 3 is 2.64 bits per heavy atom. The monoisotopic (exact) mass is 393 g/mol. The van der Waals surface area contributed by atoms with Crippen molar-refractivity contribution >= 4 is 11.6 Å². The summed E-state index contributed by atoms with van der Waals surface area (Å²) >= 11 is 0. The number of fused-ring (bicyclic) bond motifs is 1. The number of nitrogens with one attached hydrogen (secondary N) is 1. The summed E-state index contributed by atoms with van der Waals surface area (Å²) in [7, 11) is 0. The molecule has 3 aromatic heterocycles. The molecule has 1 amide bonds. The van der Waals surface area contributed by atoms with Crippen molar-refractivity contribution in [1.29, 1.82) is 0 Å². The first-order valence-corrected chi connectivity index (χ1v) is 8.58. The van der Waals surface area contributed by atoms with Gasteiger partial charge in [0.1, 0.15) is 17.4 Å². The Kier molecular flexibility index (Phi) is 4.28. The molecule has 28 heavy (non-hydrogen) atoms. The third kappa shape index (κ3) is 3.41. The summed E-state index contributed by atoms with van der Waals surface area (Å²) in [5.41, 5.74) is 1.31. The van der Waals surface area contributed by atoms with E-state index in [-0.39, 0.29) is 11.2 Å². The predicted octanol–water partition coefficient (Wildman–Crippen LogP) is 3.31. The van der Waals surface area contributed by atoms with Gasteiger partial charge in [0, 0.05) is 17.5 Å². The van der Waals surface area contributed by atoms with Crippen molar-refractivity contribution in [2.24, 2.45) is 5.92 Å². The van der Waals surface area contributed by atoms with Gasteiger partial charge in [-0.3, -0.25) is 9.78 Å². The number of aryl methyl sites for hydroxylation is 1. The zero-order valence-corrected chi connectivity index (χ0v) is 14.7. The van der Waals surface area contributed by atoms with Crippen LogP contribution in [0.5, 0.6) is 0 Å². The van der Waals surface area contributed by atoms with Crippen LogP contribution in [0.15, 0.2) is 30.7 Å². The van der Waals surface area contributed by atoms with Crippen LogP contribution in [0.4, 0.5) is 17.6 Å². The number of amides is 1. The first-order valence-electron chi connectivity index (χ1n) is 8.58. The van der Waals surface area contributed by atoms with Gasteiger partial charge in [-0.25, -0.2) is 13.9 Å². The van der Waals surface area contributed by atoms with Crippen LogP contribution >= 0.6 is 0 Å². The molecule has 0 bridgehead atoms. The average Bonchev–Trinajstić information content (AvgIpc) is 3.36. The van der Waals surface area contributed by atoms with E-state index < -0.39 is 29.9 Å². The van der Waals surface area contributed by atoms with Gasteiger partial charge in [-0.05, 0) is 37.8 Å². The van der Waals surface area contributed by atoms with Crippen LogP contribution in [-0.2, 0) is 0 Å². The summed E-state index contributed by atoms with van der Waals surface area (Å²) in [6.45, 7) is 1.70. The van der Waals surface area contributed by atoms with E-state index in [1.165, 1.54) is 23.0 Å². The van der Waals surface area contributed by atoms with Gasteiger partial charge in [0.25, 0.3) is 5.91 Å². The van der Waals surface area contributed by atoms with Crippen molar-refractivity contribution in [2.75, 3.05) is 0 Å². The molecule has 6 nitrogen and oxygen atoms in total. The van der Waals surface area contributed by atoms with E-state index >= 15 is 0 Å². The Balaban J connectivity index is 1.72. The molecular formula is C18H15F4N5O. The summed E-state index contributed by atoms with van der Waals surface area (Å²) in [6.07, 6.45) is -0.0489. The molecule has 1 atom stereocenters. The number of rotatable bonds is 4. The highest BCUT2D eigenvalue weighted by Crippen LogP contribution is 2.40. The SMILES string of the molecule is Cc1cc(-c2cncc(F)c2)nc2c(C(=O)N[C@@H](C3CC3)C(F)(F)F)cnn12. The third-order valence-electron chi connectivity index (χ3n) is 4.63. The van der Waals surface area contributed by atoms with Crippen LogP contribution in [0.2, 0.25) is 0 Å². The lowest BCUT2D eigenvalue weighted by atomic mass is 10.1. The van der Waals surface area contributed by atoms with E-state index in [1.807, 2.05) is 0 Å². The molecule has 1 aliphatic rings. The van der Waals surface area contributed by atoms with Gasteiger partial charge in [0.05, 0.1) is 18.1 Å². The second-order valence-corrected chi connectivity index (χ2v) is 6.80. The minimum Gasteiger partial charge on any atom is -0.340 e. The van der Waals surface area contributed by atoms with Crippen LogP contribution in [0.1, 0.15) is 28.9 Å². The highest BCUT2D eigenvalue weighted by molar-refractivity contribution is 6.00. The van der Waals surface area contributed by atoms with Crippen LogP contribution in [0.25, 0.3) is 16.9 Å². The molecule has 0 radical (unpaired) electrons. The molecule has 3 heterocycles. The predicted molar refractivity (Wildman–Crippen MR) is 90.9 cm³/mol. The topological polar surface area (TPSA) is 72.2 Å².